The van der Waals surface area contributed by atoms with Crippen LogP contribution in [0.4, 0.5) is 19.5 Å². The monoisotopic (exact) mass is 505 g/mol. The SMILES string of the molecule is CCN(CC)C(=O)c1sc(NC(=S)Nc2ccc(OC(F)F)c(Cl)c2)c(C(=O)OC)c1C. The predicted octanol–water partition coefficient (Wildman–Crippen LogP) is 5.39. The van der Waals surface area contributed by atoms with Crippen LogP contribution >= 0.6 is 35.2 Å². The number of ether oxygens (including phenoxy) is 2. The summed E-state index contributed by atoms with van der Waals surface area (Å²) in [5.41, 5.74) is 1.10. The predicted molar refractivity (Wildman–Crippen MR) is 126 cm³/mol. The van der Waals surface area contributed by atoms with Crippen LogP contribution in [-0.4, -0.2) is 48.7 Å². The largest absolute Gasteiger partial charge is 0.465 e. The Hall–Kier alpha value is -2.50. The van der Waals surface area contributed by atoms with E-state index in [1.807, 2.05) is 13.8 Å². The molecule has 0 saturated carbocycles. The summed E-state index contributed by atoms with van der Waals surface area (Å²) in [4.78, 5) is 27.3. The van der Waals surface area contributed by atoms with E-state index in [9.17, 15) is 18.4 Å². The lowest BCUT2D eigenvalue weighted by Crippen LogP contribution is -2.30. The van der Waals surface area contributed by atoms with E-state index < -0.39 is 12.6 Å². The van der Waals surface area contributed by atoms with Crippen molar-refractivity contribution < 1.29 is 27.8 Å². The van der Waals surface area contributed by atoms with Crippen molar-refractivity contribution in [1.29, 1.82) is 0 Å². The van der Waals surface area contributed by atoms with E-state index in [2.05, 4.69) is 15.4 Å². The van der Waals surface area contributed by atoms with E-state index >= 15 is 0 Å². The quantitative estimate of drug-likeness (QED) is 0.368. The van der Waals surface area contributed by atoms with Gasteiger partial charge in [0, 0.05) is 18.8 Å². The number of esters is 1. The van der Waals surface area contributed by atoms with Gasteiger partial charge in [0.1, 0.15) is 10.8 Å². The molecule has 0 atom stereocenters. The first-order valence-corrected chi connectivity index (χ1v) is 11.1. The Balaban J connectivity index is 2.28. The third kappa shape index (κ3) is 6.05. The first-order chi connectivity index (χ1) is 15.1. The molecule has 2 aromatic rings. The van der Waals surface area contributed by atoms with Crippen molar-refractivity contribution in [2.45, 2.75) is 27.4 Å². The maximum absolute atomic E-state index is 12.9. The first-order valence-electron chi connectivity index (χ1n) is 9.46. The molecule has 0 bridgehead atoms. The third-order valence-corrected chi connectivity index (χ3v) is 6.11. The molecule has 0 saturated heterocycles. The van der Waals surface area contributed by atoms with Gasteiger partial charge in [-0.2, -0.15) is 8.78 Å². The summed E-state index contributed by atoms with van der Waals surface area (Å²) in [6.45, 7) is 3.45. The number of halogens is 3. The number of hydrogen-bond acceptors (Lipinski definition) is 6. The van der Waals surface area contributed by atoms with Crippen LogP contribution in [0, 0.1) is 6.92 Å². The molecule has 174 valence electrons. The van der Waals surface area contributed by atoms with Crippen molar-refractivity contribution in [3.63, 3.8) is 0 Å². The van der Waals surface area contributed by atoms with Gasteiger partial charge in [-0.3, -0.25) is 4.79 Å². The highest BCUT2D eigenvalue weighted by Crippen LogP contribution is 2.35. The standard InChI is InChI=1S/C20H22ClF2N3O4S2/c1-5-26(6-2)17(27)15-10(3)14(18(28)29-4)16(32-15)25-20(31)24-11-7-8-13(12(21)9-11)30-19(22)23/h7-9,19H,5-6H2,1-4H3,(H2,24,25,31). The Morgan fingerprint density at radius 3 is 2.44 bits per heavy atom. The number of rotatable bonds is 8. The van der Waals surface area contributed by atoms with Crippen molar-refractivity contribution in [2.24, 2.45) is 0 Å². The van der Waals surface area contributed by atoms with Crippen molar-refractivity contribution >= 4 is 62.8 Å². The number of amides is 1. The van der Waals surface area contributed by atoms with Crippen molar-refractivity contribution in [2.75, 3.05) is 30.8 Å². The van der Waals surface area contributed by atoms with Crippen molar-refractivity contribution in [3.05, 3.63) is 39.2 Å². The summed E-state index contributed by atoms with van der Waals surface area (Å²) < 4.78 is 33.9. The lowest BCUT2D eigenvalue weighted by Gasteiger charge is -2.18. The number of carbonyl (C=O) groups excluding carboxylic acids is 2. The summed E-state index contributed by atoms with van der Waals surface area (Å²) in [7, 11) is 1.25. The molecule has 1 aromatic carbocycles. The Morgan fingerprint density at radius 1 is 1.25 bits per heavy atom. The van der Waals surface area contributed by atoms with Gasteiger partial charge in [-0.15, -0.1) is 11.3 Å². The van der Waals surface area contributed by atoms with Crippen LogP contribution in [0.3, 0.4) is 0 Å². The van der Waals surface area contributed by atoms with E-state index in [0.717, 1.165) is 11.3 Å². The number of anilines is 2. The molecule has 12 heteroatoms. The number of methoxy groups -OCH3 is 1. The van der Waals surface area contributed by atoms with Crippen LogP contribution in [0.25, 0.3) is 0 Å². The van der Waals surface area contributed by atoms with Crippen molar-refractivity contribution in [3.8, 4) is 5.75 Å². The van der Waals surface area contributed by atoms with Gasteiger partial charge in [-0.25, -0.2) is 4.79 Å². The van der Waals surface area contributed by atoms with E-state index in [-0.39, 0.29) is 27.4 Å². The van der Waals surface area contributed by atoms with E-state index in [1.165, 1.54) is 25.3 Å². The molecule has 0 fully saturated rings. The maximum atomic E-state index is 12.9. The van der Waals surface area contributed by atoms with Crippen LogP contribution in [-0.2, 0) is 4.74 Å². The van der Waals surface area contributed by atoms with E-state index in [1.54, 1.807) is 11.8 Å². The van der Waals surface area contributed by atoms with Gasteiger partial charge in [-0.05, 0) is 56.8 Å². The smallest absolute Gasteiger partial charge is 0.387 e. The zero-order valence-electron chi connectivity index (χ0n) is 17.8. The zero-order valence-corrected chi connectivity index (χ0v) is 20.1. The Labute approximate surface area is 198 Å². The van der Waals surface area contributed by atoms with Crippen LogP contribution < -0.4 is 15.4 Å². The van der Waals surface area contributed by atoms with Crippen LogP contribution in [0.5, 0.6) is 5.75 Å². The molecule has 1 heterocycles. The number of carbonyl (C=O) groups is 2. The number of benzene rings is 1. The fraction of sp³-hybridized carbons (Fsp3) is 0.350. The molecule has 0 aliphatic rings. The molecule has 0 spiro atoms. The highest BCUT2D eigenvalue weighted by Gasteiger charge is 2.27. The summed E-state index contributed by atoms with van der Waals surface area (Å²) in [6, 6.07) is 4.09. The molecule has 0 aliphatic carbocycles. The Kier molecular flexibility index (Phi) is 9.17. The normalized spacial score (nSPS) is 10.6. The topological polar surface area (TPSA) is 79.9 Å². The number of nitrogens with zero attached hydrogens (tertiary/aromatic N) is 1. The number of nitrogens with one attached hydrogen (secondary N) is 2. The van der Waals surface area contributed by atoms with Crippen LogP contribution in [0.2, 0.25) is 5.02 Å². The van der Waals surface area contributed by atoms with Gasteiger partial charge in [0.2, 0.25) is 0 Å². The van der Waals surface area contributed by atoms with Gasteiger partial charge in [-0.1, -0.05) is 11.6 Å². The van der Waals surface area contributed by atoms with Gasteiger partial charge in [0.25, 0.3) is 5.91 Å². The number of hydrogen-bond donors (Lipinski definition) is 2. The molecule has 0 aliphatic heterocycles. The molecule has 2 rings (SSSR count). The second-order valence-electron chi connectivity index (χ2n) is 6.33. The Morgan fingerprint density at radius 2 is 1.91 bits per heavy atom. The minimum absolute atomic E-state index is 0.0348. The number of thiocarbonyl (C=S) groups is 1. The highest BCUT2D eigenvalue weighted by atomic mass is 35.5. The van der Waals surface area contributed by atoms with Gasteiger partial charge in [0.15, 0.2) is 5.11 Å². The molecule has 32 heavy (non-hydrogen) atoms. The molecule has 7 nitrogen and oxygen atoms in total. The fourth-order valence-corrected chi connectivity index (χ4v) is 4.52. The molecule has 2 N–H and O–H groups in total. The van der Waals surface area contributed by atoms with Gasteiger partial charge in [0.05, 0.1) is 22.6 Å². The van der Waals surface area contributed by atoms with Gasteiger partial charge < -0.3 is 25.0 Å². The summed E-state index contributed by atoms with van der Waals surface area (Å²) in [5.74, 6) is -0.984. The fourth-order valence-electron chi connectivity index (χ4n) is 2.84. The van der Waals surface area contributed by atoms with Gasteiger partial charge >= 0.3 is 12.6 Å². The summed E-state index contributed by atoms with van der Waals surface area (Å²) in [5, 5.41) is 6.15. The lowest BCUT2D eigenvalue weighted by atomic mass is 10.1. The molecule has 0 unspecified atom stereocenters. The second kappa shape index (κ2) is 11.4. The molecule has 0 radical (unpaired) electrons. The van der Waals surface area contributed by atoms with Crippen LogP contribution in [0.15, 0.2) is 18.2 Å². The number of alkyl halides is 2. The minimum Gasteiger partial charge on any atom is -0.465 e. The third-order valence-electron chi connectivity index (χ3n) is 4.41. The minimum atomic E-state index is -3.00. The van der Waals surface area contributed by atoms with Crippen molar-refractivity contribution in [1.82, 2.24) is 4.90 Å². The van der Waals surface area contributed by atoms with E-state index in [0.29, 0.717) is 34.2 Å². The summed E-state index contributed by atoms with van der Waals surface area (Å²) in [6.07, 6.45) is 0. The number of thiophene rings is 1. The molecule has 1 aromatic heterocycles. The zero-order chi connectivity index (χ0) is 24.0. The molecule has 1 amide bonds. The summed E-state index contributed by atoms with van der Waals surface area (Å²) >= 11 is 12.3. The first kappa shape index (κ1) is 25.8. The van der Waals surface area contributed by atoms with E-state index in [4.69, 9.17) is 28.6 Å². The Bertz CT molecular complexity index is 1010. The highest BCUT2D eigenvalue weighted by molar-refractivity contribution is 7.80. The lowest BCUT2D eigenvalue weighted by molar-refractivity contribution is -0.0497. The molecular weight excluding hydrogens is 484 g/mol. The van der Waals surface area contributed by atoms with Crippen LogP contribution in [0.1, 0.15) is 39.4 Å². The second-order valence-corrected chi connectivity index (χ2v) is 8.17. The average Bonchev–Trinajstić information content (AvgIpc) is 3.05. The average molecular weight is 506 g/mol. The molecular formula is C20H22ClF2N3O4S2. The maximum Gasteiger partial charge on any atom is 0.387 e.